The number of aryl methyl sites for hydroxylation is 2. The zero-order valence-corrected chi connectivity index (χ0v) is 12.7. The number of nitrogens with two attached hydrogens (primary N) is 1. The van der Waals surface area contributed by atoms with Gasteiger partial charge in [0.05, 0.1) is 12.3 Å². The van der Waals surface area contributed by atoms with Crippen LogP contribution in [0.1, 0.15) is 24.7 Å². The molecule has 2 aromatic rings. The van der Waals surface area contributed by atoms with E-state index in [1.54, 1.807) is 0 Å². The minimum Gasteiger partial charge on any atom is -0.494 e. The van der Waals surface area contributed by atoms with E-state index in [1.807, 2.05) is 42.1 Å². The van der Waals surface area contributed by atoms with E-state index in [0.29, 0.717) is 6.61 Å². The van der Waals surface area contributed by atoms with Crippen LogP contribution < -0.4 is 16.0 Å². The SMILES string of the molecule is CCc1cc(CC(CCOc2ccccc2)NN)n(C)n1. The van der Waals surface area contributed by atoms with Crippen LogP contribution in [0.3, 0.4) is 0 Å². The second-order valence-corrected chi connectivity index (χ2v) is 5.12. The van der Waals surface area contributed by atoms with Crippen molar-refractivity contribution in [2.45, 2.75) is 32.2 Å². The molecule has 1 atom stereocenters. The number of para-hydroxylation sites is 1. The van der Waals surface area contributed by atoms with E-state index in [0.717, 1.165) is 30.7 Å². The van der Waals surface area contributed by atoms with Crippen molar-refractivity contribution < 1.29 is 4.74 Å². The Hall–Kier alpha value is -1.85. The second kappa shape index (κ2) is 7.81. The summed E-state index contributed by atoms with van der Waals surface area (Å²) >= 11 is 0. The molecule has 5 nitrogen and oxygen atoms in total. The Morgan fingerprint density at radius 1 is 1.33 bits per heavy atom. The van der Waals surface area contributed by atoms with Gasteiger partial charge in [0.2, 0.25) is 0 Å². The highest BCUT2D eigenvalue weighted by Crippen LogP contribution is 2.11. The van der Waals surface area contributed by atoms with Gasteiger partial charge in [0.25, 0.3) is 0 Å². The molecule has 0 aliphatic carbocycles. The van der Waals surface area contributed by atoms with Gasteiger partial charge in [0, 0.05) is 25.2 Å². The molecule has 21 heavy (non-hydrogen) atoms. The van der Waals surface area contributed by atoms with Crippen LogP contribution >= 0.6 is 0 Å². The normalized spacial score (nSPS) is 12.3. The summed E-state index contributed by atoms with van der Waals surface area (Å²) in [6.45, 7) is 2.75. The zero-order chi connectivity index (χ0) is 15.1. The van der Waals surface area contributed by atoms with Crippen LogP contribution in [0.5, 0.6) is 5.75 Å². The summed E-state index contributed by atoms with van der Waals surface area (Å²) in [5.74, 6) is 6.55. The van der Waals surface area contributed by atoms with Gasteiger partial charge in [-0.05, 0) is 31.0 Å². The molecule has 0 radical (unpaired) electrons. The van der Waals surface area contributed by atoms with Gasteiger partial charge in [0.1, 0.15) is 5.75 Å². The van der Waals surface area contributed by atoms with Crippen molar-refractivity contribution in [2.75, 3.05) is 6.61 Å². The molecule has 0 aliphatic rings. The molecule has 0 aliphatic heterocycles. The first-order chi connectivity index (χ1) is 10.2. The standard InChI is InChI=1S/C16H24N4O/c1-3-13-11-15(20(2)19-13)12-14(18-17)9-10-21-16-7-5-4-6-8-16/h4-8,11,14,18H,3,9-10,12,17H2,1-2H3. The predicted octanol–water partition coefficient (Wildman–Crippen LogP) is 1.83. The molecule has 0 fully saturated rings. The van der Waals surface area contributed by atoms with E-state index in [4.69, 9.17) is 10.6 Å². The smallest absolute Gasteiger partial charge is 0.119 e. The topological polar surface area (TPSA) is 65.1 Å². The summed E-state index contributed by atoms with van der Waals surface area (Å²) in [5, 5.41) is 4.46. The van der Waals surface area contributed by atoms with Crippen LogP contribution in [0.4, 0.5) is 0 Å². The number of benzene rings is 1. The predicted molar refractivity (Wildman–Crippen MR) is 84.0 cm³/mol. The Labute approximate surface area is 126 Å². The molecule has 0 bridgehead atoms. The van der Waals surface area contributed by atoms with Gasteiger partial charge in [-0.1, -0.05) is 25.1 Å². The zero-order valence-electron chi connectivity index (χ0n) is 12.7. The lowest BCUT2D eigenvalue weighted by molar-refractivity contribution is 0.284. The van der Waals surface area contributed by atoms with E-state index in [2.05, 4.69) is 23.5 Å². The monoisotopic (exact) mass is 288 g/mol. The first kappa shape index (κ1) is 15.5. The molecule has 5 heteroatoms. The Morgan fingerprint density at radius 3 is 2.71 bits per heavy atom. The van der Waals surface area contributed by atoms with E-state index in [1.165, 1.54) is 5.69 Å². The average Bonchev–Trinajstić information content (AvgIpc) is 2.87. The molecule has 0 saturated heterocycles. The fraction of sp³-hybridized carbons (Fsp3) is 0.438. The number of rotatable bonds is 8. The Balaban J connectivity index is 1.84. The lowest BCUT2D eigenvalue weighted by Crippen LogP contribution is -2.38. The first-order valence-electron chi connectivity index (χ1n) is 7.38. The van der Waals surface area contributed by atoms with E-state index in [9.17, 15) is 0 Å². The van der Waals surface area contributed by atoms with Crippen LogP contribution in [0.2, 0.25) is 0 Å². The third kappa shape index (κ3) is 4.58. The van der Waals surface area contributed by atoms with Crippen LogP contribution in [0, 0.1) is 0 Å². The third-order valence-electron chi connectivity index (χ3n) is 3.56. The van der Waals surface area contributed by atoms with Crippen LogP contribution in [-0.4, -0.2) is 22.4 Å². The number of hydrazine groups is 1. The molecule has 1 aromatic heterocycles. The lowest BCUT2D eigenvalue weighted by Gasteiger charge is -2.16. The van der Waals surface area contributed by atoms with E-state index >= 15 is 0 Å². The van der Waals surface area contributed by atoms with Crippen molar-refractivity contribution in [3.8, 4) is 5.75 Å². The van der Waals surface area contributed by atoms with Crippen LogP contribution in [-0.2, 0) is 19.9 Å². The summed E-state index contributed by atoms with van der Waals surface area (Å²) in [7, 11) is 1.97. The molecule has 0 amide bonds. The van der Waals surface area contributed by atoms with Gasteiger partial charge in [0.15, 0.2) is 0 Å². The maximum absolute atomic E-state index is 5.71. The van der Waals surface area contributed by atoms with Gasteiger partial charge >= 0.3 is 0 Å². The molecule has 114 valence electrons. The number of ether oxygens (including phenoxy) is 1. The van der Waals surface area contributed by atoms with Crippen molar-refractivity contribution in [1.82, 2.24) is 15.2 Å². The van der Waals surface area contributed by atoms with Crippen molar-refractivity contribution in [1.29, 1.82) is 0 Å². The van der Waals surface area contributed by atoms with Crippen LogP contribution in [0.15, 0.2) is 36.4 Å². The molecular weight excluding hydrogens is 264 g/mol. The van der Waals surface area contributed by atoms with Crippen molar-refractivity contribution in [2.24, 2.45) is 12.9 Å². The van der Waals surface area contributed by atoms with E-state index < -0.39 is 0 Å². The highest BCUT2D eigenvalue weighted by Gasteiger charge is 2.12. The highest BCUT2D eigenvalue weighted by molar-refractivity contribution is 5.20. The Bertz CT molecular complexity index is 538. The van der Waals surface area contributed by atoms with Crippen molar-refractivity contribution in [3.05, 3.63) is 47.8 Å². The maximum atomic E-state index is 5.71. The summed E-state index contributed by atoms with van der Waals surface area (Å²) in [4.78, 5) is 0. The molecule has 1 heterocycles. The number of nitrogens with one attached hydrogen (secondary N) is 1. The minimum atomic E-state index is 0.175. The summed E-state index contributed by atoms with van der Waals surface area (Å²) < 4.78 is 7.65. The molecule has 2 rings (SSSR count). The van der Waals surface area contributed by atoms with Gasteiger partial charge in [-0.3, -0.25) is 16.0 Å². The van der Waals surface area contributed by atoms with Crippen LogP contribution in [0.25, 0.3) is 0 Å². The lowest BCUT2D eigenvalue weighted by atomic mass is 10.1. The Kier molecular flexibility index (Phi) is 5.78. The molecule has 0 spiro atoms. The summed E-state index contributed by atoms with van der Waals surface area (Å²) in [5.41, 5.74) is 5.17. The van der Waals surface area contributed by atoms with Gasteiger partial charge in [-0.15, -0.1) is 0 Å². The highest BCUT2D eigenvalue weighted by atomic mass is 16.5. The first-order valence-corrected chi connectivity index (χ1v) is 7.38. The molecule has 1 aromatic carbocycles. The number of hydrogen-bond acceptors (Lipinski definition) is 4. The van der Waals surface area contributed by atoms with E-state index in [-0.39, 0.29) is 6.04 Å². The van der Waals surface area contributed by atoms with Gasteiger partial charge in [-0.25, -0.2) is 0 Å². The Morgan fingerprint density at radius 2 is 2.10 bits per heavy atom. The van der Waals surface area contributed by atoms with Crippen molar-refractivity contribution >= 4 is 0 Å². The summed E-state index contributed by atoms with van der Waals surface area (Å²) in [6, 6.07) is 12.1. The molecular formula is C16H24N4O. The number of nitrogens with zero attached hydrogens (tertiary/aromatic N) is 2. The fourth-order valence-electron chi connectivity index (χ4n) is 2.27. The molecule has 3 N–H and O–H groups in total. The largest absolute Gasteiger partial charge is 0.494 e. The second-order valence-electron chi connectivity index (χ2n) is 5.12. The number of aromatic nitrogens is 2. The minimum absolute atomic E-state index is 0.175. The fourth-order valence-corrected chi connectivity index (χ4v) is 2.27. The third-order valence-corrected chi connectivity index (χ3v) is 3.56. The molecule has 0 saturated carbocycles. The van der Waals surface area contributed by atoms with Crippen molar-refractivity contribution in [3.63, 3.8) is 0 Å². The quantitative estimate of drug-likeness (QED) is 0.574. The maximum Gasteiger partial charge on any atom is 0.119 e. The van der Waals surface area contributed by atoms with Gasteiger partial charge in [-0.2, -0.15) is 5.10 Å². The summed E-state index contributed by atoms with van der Waals surface area (Å²) in [6.07, 6.45) is 2.64. The van der Waals surface area contributed by atoms with Gasteiger partial charge < -0.3 is 4.74 Å². The average molecular weight is 288 g/mol. The molecule has 1 unspecified atom stereocenters. The number of hydrogen-bond donors (Lipinski definition) is 2.